The standard InChI is InChI=1S/C7H17N3O4/c1-5-7(11)6(9(2)3)4-10(12-5)14-13-8/h5-7,11H,4,8H2,1-3H3. The molecule has 1 heterocycles. The van der Waals surface area contributed by atoms with Gasteiger partial charge in [-0.15, -0.1) is 4.99 Å². The Morgan fingerprint density at radius 1 is 1.57 bits per heavy atom. The highest BCUT2D eigenvalue weighted by molar-refractivity contribution is 4.83. The van der Waals surface area contributed by atoms with Gasteiger partial charge in [-0.25, -0.2) is 0 Å². The molecule has 3 atom stereocenters. The lowest BCUT2D eigenvalue weighted by Gasteiger charge is -2.40. The van der Waals surface area contributed by atoms with E-state index in [2.05, 4.69) is 9.98 Å². The van der Waals surface area contributed by atoms with E-state index in [1.54, 1.807) is 6.92 Å². The van der Waals surface area contributed by atoms with E-state index in [1.165, 1.54) is 0 Å². The molecule has 0 radical (unpaired) electrons. The number of nitrogens with two attached hydrogens (primary N) is 1. The maximum atomic E-state index is 9.77. The predicted octanol–water partition coefficient (Wildman–Crippen LogP) is -1.35. The molecule has 7 nitrogen and oxygen atoms in total. The van der Waals surface area contributed by atoms with Crippen LogP contribution < -0.4 is 5.90 Å². The number of aliphatic hydroxyl groups is 1. The molecule has 3 unspecified atom stereocenters. The Kier molecular flexibility index (Phi) is 4.20. The molecule has 1 fully saturated rings. The summed E-state index contributed by atoms with van der Waals surface area (Å²) in [5.41, 5.74) is 0. The number of hydrogen-bond donors (Lipinski definition) is 2. The molecule has 1 aliphatic rings. The third kappa shape index (κ3) is 2.61. The predicted molar refractivity (Wildman–Crippen MR) is 47.1 cm³/mol. The second-order valence-corrected chi connectivity index (χ2v) is 3.52. The molecule has 1 saturated heterocycles. The normalized spacial score (nSPS) is 35.1. The summed E-state index contributed by atoms with van der Waals surface area (Å²) in [4.78, 5) is 15.6. The Labute approximate surface area is 82.7 Å². The quantitative estimate of drug-likeness (QED) is 0.437. The first-order chi connectivity index (χ1) is 6.56. The molecule has 0 amide bonds. The van der Waals surface area contributed by atoms with E-state index >= 15 is 0 Å². The third-order valence-corrected chi connectivity index (χ3v) is 2.28. The molecule has 1 rings (SSSR count). The minimum Gasteiger partial charge on any atom is -0.389 e. The van der Waals surface area contributed by atoms with E-state index in [-0.39, 0.29) is 12.1 Å². The second-order valence-electron chi connectivity index (χ2n) is 3.52. The van der Waals surface area contributed by atoms with Gasteiger partial charge in [0.15, 0.2) is 0 Å². The summed E-state index contributed by atoms with van der Waals surface area (Å²) < 4.78 is 0. The van der Waals surface area contributed by atoms with Gasteiger partial charge in [0.1, 0.15) is 6.10 Å². The Morgan fingerprint density at radius 3 is 2.71 bits per heavy atom. The fourth-order valence-corrected chi connectivity index (χ4v) is 1.43. The van der Waals surface area contributed by atoms with Crippen molar-refractivity contribution in [2.24, 2.45) is 5.90 Å². The van der Waals surface area contributed by atoms with Gasteiger partial charge >= 0.3 is 0 Å². The van der Waals surface area contributed by atoms with Crippen LogP contribution in [0.25, 0.3) is 0 Å². The number of rotatable bonds is 3. The maximum Gasteiger partial charge on any atom is 0.107 e. The van der Waals surface area contributed by atoms with E-state index in [0.717, 1.165) is 5.23 Å². The van der Waals surface area contributed by atoms with Crippen LogP contribution in [0.4, 0.5) is 0 Å². The number of hydrogen-bond acceptors (Lipinski definition) is 7. The zero-order valence-corrected chi connectivity index (χ0v) is 8.58. The average molecular weight is 207 g/mol. The van der Waals surface area contributed by atoms with Crippen LogP contribution in [0, 0.1) is 0 Å². The molecule has 0 aliphatic carbocycles. The first kappa shape index (κ1) is 11.8. The number of aliphatic hydroxyl groups excluding tert-OH is 1. The lowest BCUT2D eigenvalue weighted by molar-refractivity contribution is -0.545. The highest BCUT2D eigenvalue weighted by Crippen LogP contribution is 2.17. The van der Waals surface area contributed by atoms with Crippen molar-refractivity contribution in [1.29, 1.82) is 0 Å². The summed E-state index contributed by atoms with van der Waals surface area (Å²) >= 11 is 0. The van der Waals surface area contributed by atoms with Crippen LogP contribution in [0.3, 0.4) is 0 Å². The molecule has 0 aromatic rings. The Bertz CT molecular complexity index is 180. The number of nitrogens with zero attached hydrogens (tertiary/aromatic N) is 2. The fourth-order valence-electron chi connectivity index (χ4n) is 1.43. The SMILES string of the molecule is CC1ON(OON)CC(N(C)C)C1O. The van der Waals surface area contributed by atoms with Crippen molar-refractivity contribution in [3.63, 3.8) is 0 Å². The van der Waals surface area contributed by atoms with Crippen LogP contribution in [0.1, 0.15) is 6.92 Å². The molecule has 0 aromatic heterocycles. The summed E-state index contributed by atoms with van der Waals surface area (Å²) in [5, 5.41) is 10.9. The second kappa shape index (κ2) is 4.99. The van der Waals surface area contributed by atoms with Crippen LogP contribution in [-0.2, 0) is 14.8 Å². The molecule has 7 heteroatoms. The first-order valence-electron chi connectivity index (χ1n) is 4.38. The Hall–Kier alpha value is -0.280. The van der Waals surface area contributed by atoms with Crippen LogP contribution in [0.15, 0.2) is 0 Å². The smallest absolute Gasteiger partial charge is 0.107 e. The van der Waals surface area contributed by atoms with Crippen molar-refractivity contribution < 1.29 is 19.9 Å². The summed E-state index contributed by atoms with van der Waals surface area (Å²) in [7, 11) is 3.74. The average Bonchev–Trinajstić information content (AvgIpc) is 2.11. The maximum absolute atomic E-state index is 9.77. The van der Waals surface area contributed by atoms with Crippen molar-refractivity contribution in [3.05, 3.63) is 0 Å². The van der Waals surface area contributed by atoms with Crippen molar-refractivity contribution in [3.8, 4) is 0 Å². The van der Waals surface area contributed by atoms with Crippen LogP contribution in [0.2, 0.25) is 0 Å². The van der Waals surface area contributed by atoms with Gasteiger partial charge < -0.3 is 10.0 Å². The van der Waals surface area contributed by atoms with Gasteiger partial charge in [0.05, 0.1) is 18.7 Å². The fraction of sp³-hybridized carbons (Fsp3) is 1.00. The van der Waals surface area contributed by atoms with Gasteiger partial charge in [-0.2, -0.15) is 5.90 Å². The minimum atomic E-state index is -0.567. The Morgan fingerprint density at radius 2 is 2.21 bits per heavy atom. The van der Waals surface area contributed by atoms with Crippen molar-refractivity contribution >= 4 is 0 Å². The van der Waals surface area contributed by atoms with Crippen molar-refractivity contribution in [2.75, 3.05) is 20.6 Å². The molecule has 0 aromatic carbocycles. The summed E-state index contributed by atoms with van der Waals surface area (Å²) in [6.07, 6.45) is -0.936. The summed E-state index contributed by atoms with van der Waals surface area (Å²) in [6, 6.07) is -0.0890. The molecule has 0 spiro atoms. The highest BCUT2D eigenvalue weighted by Gasteiger charge is 2.36. The third-order valence-electron chi connectivity index (χ3n) is 2.28. The molecule has 0 saturated carbocycles. The molecular formula is C7H17N3O4. The lowest BCUT2D eigenvalue weighted by Crippen LogP contribution is -2.57. The van der Waals surface area contributed by atoms with Gasteiger partial charge in [-0.05, 0) is 26.2 Å². The van der Waals surface area contributed by atoms with E-state index in [1.807, 2.05) is 19.0 Å². The Balaban J connectivity index is 2.57. The lowest BCUT2D eigenvalue weighted by atomic mass is 10.0. The van der Waals surface area contributed by atoms with E-state index in [4.69, 9.17) is 10.7 Å². The largest absolute Gasteiger partial charge is 0.389 e. The van der Waals surface area contributed by atoms with Gasteiger partial charge in [-0.1, -0.05) is 4.99 Å². The molecule has 3 N–H and O–H groups in total. The monoisotopic (exact) mass is 207 g/mol. The molecule has 84 valence electrons. The topological polar surface area (TPSA) is 80.4 Å². The molecule has 0 bridgehead atoms. The zero-order chi connectivity index (χ0) is 10.7. The van der Waals surface area contributed by atoms with Crippen LogP contribution in [-0.4, -0.2) is 54.1 Å². The van der Waals surface area contributed by atoms with Crippen LogP contribution in [0.5, 0.6) is 0 Å². The first-order valence-corrected chi connectivity index (χ1v) is 4.38. The van der Waals surface area contributed by atoms with E-state index in [9.17, 15) is 5.11 Å². The zero-order valence-electron chi connectivity index (χ0n) is 8.58. The highest BCUT2D eigenvalue weighted by atomic mass is 17.4. The van der Waals surface area contributed by atoms with Gasteiger partial charge in [0.25, 0.3) is 0 Å². The molecule has 1 aliphatic heterocycles. The summed E-state index contributed by atoms with van der Waals surface area (Å²) in [6.45, 7) is 2.10. The van der Waals surface area contributed by atoms with Gasteiger partial charge in [-0.3, -0.25) is 4.84 Å². The van der Waals surface area contributed by atoms with Crippen molar-refractivity contribution in [2.45, 2.75) is 25.2 Å². The van der Waals surface area contributed by atoms with Gasteiger partial charge in [0.2, 0.25) is 0 Å². The number of likely N-dealkylation sites (N-methyl/N-ethyl adjacent to an activating group) is 1. The van der Waals surface area contributed by atoms with E-state index in [0.29, 0.717) is 6.54 Å². The molecular weight excluding hydrogens is 190 g/mol. The van der Waals surface area contributed by atoms with E-state index < -0.39 is 6.10 Å². The van der Waals surface area contributed by atoms with Crippen LogP contribution >= 0.6 is 0 Å². The molecule has 14 heavy (non-hydrogen) atoms. The summed E-state index contributed by atoms with van der Waals surface area (Å²) in [5.74, 6) is 4.74. The van der Waals surface area contributed by atoms with Gasteiger partial charge in [0, 0.05) is 0 Å². The minimum absolute atomic E-state index is 0.0890. The number of hydroxylamine groups is 2. The van der Waals surface area contributed by atoms with Crippen molar-refractivity contribution in [1.82, 2.24) is 10.1 Å².